The van der Waals surface area contributed by atoms with E-state index in [2.05, 4.69) is 0 Å². The normalized spacial score (nSPS) is 18.0. The van der Waals surface area contributed by atoms with Crippen molar-refractivity contribution in [2.45, 2.75) is 32.1 Å². The van der Waals surface area contributed by atoms with E-state index in [0.717, 1.165) is 0 Å². The van der Waals surface area contributed by atoms with Crippen molar-refractivity contribution in [3.05, 3.63) is 0 Å². The number of rotatable bonds is 3. The van der Waals surface area contributed by atoms with E-state index >= 15 is 0 Å². The highest BCUT2D eigenvalue weighted by Crippen LogP contribution is 2.14. The van der Waals surface area contributed by atoms with E-state index < -0.39 is 18.8 Å². The molecule has 0 spiro atoms. The van der Waals surface area contributed by atoms with Crippen molar-refractivity contribution in [1.29, 1.82) is 0 Å². The number of hydrogen-bond donors (Lipinski definition) is 0. The molecule has 0 aromatic rings. The van der Waals surface area contributed by atoms with Crippen molar-refractivity contribution in [3.63, 3.8) is 0 Å². The van der Waals surface area contributed by atoms with Gasteiger partial charge in [-0.15, -0.1) is 0 Å². The molecule has 0 bridgehead atoms. The van der Waals surface area contributed by atoms with Crippen LogP contribution >= 0.6 is 0 Å². The van der Waals surface area contributed by atoms with Gasteiger partial charge >= 0.3 is 0 Å². The fraction of sp³-hybridized carbons (Fsp3) is 1.00. The van der Waals surface area contributed by atoms with Crippen LogP contribution in [0.15, 0.2) is 0 Å². The van der Waals surface area contributed by atoms with E-state index in [0.29, 0.717) is 0 Å². The Hall–Kier alpha value is -0.280. The van der Waals surface area contributed by atoms with E-state index in [1.54, 1.807) is 0 Å². The van der Waals surface area contributed by atoms with E-state index in [1.165, 1.54) is 6.92 Å². The molecule has 0 rings (SSSR count). The average Bonchev–Trinajstić information content (AvgIpc) is 1.84. The lowest BCUT2D eigenvalue weighted by atomic mass is 10.2. The summed E-state index contributed by atoms with van der Waals surface area (Å²) in [5.41, 5.74) is 0. The van der Waals surface area contributed by atoms with E-state index in [1.807, 2.05) is 0 Å². The van der Waals surface area contributed by atoms with Gasteiger partial charge < -0.3 is 0 Å². The third-order valence-electron chi connectivity index (χ3n) is 0.976. The molecule has 2 unspecified atom stereocenters. The van der Waals surface area contributed by atoms with Gasteiger partial charge in [0.2, 0.25) is 0 Å². The van der Waals surface area contributed by atoms with Crippen LogP contribution in [0.1, 0.15) is 13.3 Å². The largest absolute Gasteiger partial charge is 0.272 e. The SMILES string of the molecule is CCC(F)C(F)C(F)F. The van der Waals surface area contributed by atoms with Gasteiger partial charge in [-0.25, -0.2) is 17.6 Å². The summed E-state index contributed by atoms with van der Waals surface area (Å²) in [4.78, 5) is 0. The second kappa shape index (κ2) is 3.69. The molecule has 0 aliphatic carbocycles. The van der Waals surface area contributed by atoms with Crippen LogP contribution in [-0.4, -0.2) is 18.8 Å². The highest BCUT2D eigenvalue weighted by atomic mass is 19.3. The summed E-state index contributed by atoms with van der Waals surface area (Å²) in [5, 5.41) is 0. The van der Waals surface area contributed by atoms with Crippen molar-refractivity contribution in [2.75, 3.05) is 0 Å². The summed E-state index contributed by atoms with van der Waals surface area (Å²) in [6.45, 7) is 1.32. The minimum atomic E-state index is -3.19. The molecule has 0 saturated heterocycles. The van der Waals surface area contributed by atoms with Gasteiger partial charge in [0.05, 0.1) is 0 Å². The first-order valence-corrected chi connectivity index (χ1v) is 2.65. The average molecular weight is 144 g/mol. The molecule has 0 radical (unpaired) electrons. The second-order valence-corrected chi connectivity index (χ2v) is 1.70. The Morgan fingerprint density at radius 2 is 1.56 bits per heavy atom. The third-order valence-corrected chi connectivity index (χ3v) is 0.976. The summed E-state index contributed by atoms with van der Waals surface area (Å²) in [6.07, 6.45) is -8.04. The van der Waals surface area contributed by atoms with E-state index in [4.69, 9.17) is 0 Å². The van der Waals surface area contributed by atoms with Crippen LogP contribution in [0.25, 0.3) is 0 Å². The van der Waals surface area contributed by atoms with Crippen LogP contribution in [0.5, 0.6) is 0 Å². The van der Waals surface area contributed by atoms with Gasteiger partial charge in [0, 0.05) is 0 Å². The van der Waals surface area contributed by atoms with Gasteiger partial charge in [-0.2, -0.15) is 0 Å². The highest BCUT2D eigenvalue weighted by molar-refractivity contribution is 4.67. The maximum absolute atomic E-state index is 11.9. The lowest BCUT2D eigenvalue weighted by Crippen LogP contribution is -2.24. The third kappa shape index (κ3) is 2.67. The van der Waals surface area contributed by atoms with Crippen molar-refractivity contribution >= 4 is 0 Å². The lowest BCUT2D eigenvalue weighted by Gasteiger charge is -2.08. The maximum atomic E-state index is 11.9. The zero-order chi connectivity index (χ0) is 7.44. The van der Waals surface area contributed by atoms with Gasteiger partial charge in [-0.3, -0.25) is 0 Å². The zero-order valence-electron chi connectivity index (χ0n) is 4.95. The van der Waals surface area contributed by atoms with Crippen molar-refractivity contribution in [3.8, 4) is 0 Å². The van der Waals surface area contributed by atoms with Crippen LogP contribution in [0.2, 0.25) is 0 Å². The molecule has 0 N–H and O–H groups in total. The van der Waals surface area contributed by atoms with Crippen LogP contribution in [0.4, 0.5) is 17.6 Å². The molecular weight excluding hydrogens is 136 g/mol. The number of alkyl halides is 4. The Labute approximate surface area is 50.9 Å². The minimum absolute atomic E-state index is 0.203. The van der Waals surface area contributed by atoms with Crippen molar-refractivity contribution < 1.29 is 17.6 Å². The fourth-order valence-electron chi connectivity index (χ4n) is 0.383. The van der Waals surface area contributed by atoms with Gasteiger partial charge in [0.15, 0.2) is 6.17 Å². The molecule has 9 heavy (non-hydrogen) atoms. The Bertz CT molecular complexity index is 73.4. The predicted molar refractivity (Wildman–Crippen MR) is 26.1 cm³/mol. The quantitative estimate of drug-likeness (QED) is 0.533. The van der Waals surface area contributed by atoms with Crippen LogP contribution < -0.4 is 0 Å². The lowest BCUT2D eigenvalue weighted by molar-refractivity contribution is 0.00264. The topological polar surface area (TPSA) is 0 Å². The zero-order valence-corrected chi connectivity index (χ0v) is 4.95. The molecule has 0 heterocycles. The molecule has 4 heteroatoms. The number of hydrogen-bond acceptors (Lipinski definition) is 0. The Morgan fingerprint density at radius 3 is 1.67 bits per heavy atom. The standard InChI is InChI=1S/C5H8F4/c1-2-3(6)4(7)5(8)9/h3-5H,2H2,1H3. The van der Waals surface area contributed by atoms with Gasteiger partial charge in [-0.05, 0) is 6.42 Å². The molecule has 0 amide bonds. The van der Waals surface area contributed by atoms with Gasteiger partial charge in [-0.1, -0.05) is 6.92 Å². The number of halogens is 4. The molecule has 0 fully saturated rings. The molecule has 0 aromatic heterocycles. The fourth-order valence-corrected chi connectivity index (χ4v) is 0.383. The Kier molecular flexibility index (Phi) is 3.58. The molecule has 0 saturated carbocycles. The molecule has 0 nitrogen and oxygen atoms in total. The Balaban J connectivity index is 3.58. The highest BCUT2D eigenvalue weighted by Gasteiger charge is 2.27. The Morgan fingerprint density at radius 1 is 1.11 bits per heavy atom. The summed E-state index contributed by atoms with van der Waals surface area (Å²) >= 11 is 0. The first-order chi connectivity index (χ1) is 4.09. The summed E-state index contributed by atoms with van der Waals surface area (Å²) in [5.74, 6) is 0. The van der Waals surface area contributed by atoms with Crippen LogP contribution in [0.3, 0.4) is 0 Å². The van der Waals surface area contributed by atoms with Gasteiger partial charge in [0.1, 0.15) is 6.17 Å². The van der Waals surface area contributed by atoms with Crippen molar-refractivity contribution in [1.82, 2.24) is 0 Å². The molecular formula is C5H8F4. The van der Waals surface area contributed by atoms with Crippen LogP contribution in [0, 0.1) is 0 Å². The monoisotopic (exact) mass is 144 g/mol. The molecule has 0 aromatic carbocycles. The summed E-state index contributed by atoms with van der Waals surface area (Å²) < 4.78 is 46.2. The smallest absolute Gasteiger partial charge is 0.244 e. The van der Waals surface area contributed by atoms with E-state index in [-0.39, 0.29) is 6.42 Å². The maximum Gasteiger partial charge on any atom is 0.272 e. The van der Waals surface area contributed by atoms with E-state index in [9.17, 15) is 17.6 Å². The minimum Gasteiger partial charge on any atom is -0.244 e. The molecule has 0 aliphatic heterocycles. The first-order valence-electron chi connectivity index (χ1n) is 2.65. The molecule has 2 atom stereocenters. The van der Waals surface area contributed by atoms with Crippen LogP contribution in [-0.2, 0) is 0 Å². The molecule has 56 valence electrons. The summed E-state index contributed by atoms with van der Waals surface area (Å²) in [6, 6.07) is 0. The predicted octanol–water partition coefficient (Wildman–Crippen LogP) is 2.34. The second-order valence-electron chi connectivity index (χ2n) is 1.70. The summed E-state index contributed by atoms with van der Waals surface area (Å²) in [7, 11) is 0. The first kappa shape index (κ1) is 8.72. The molecule has 0 aliphatic rings. The van der Waals surface area contributed by atoms with Crippen molar-refractivity contribution in [2.24, 2.45) is 0 Å². The van der Waals surface area contributed by atoms with Gasteiger partial charge in [0.25, 0.3) is 6.43 Å².